The molecule has 3 heteroatoms. The summed E-state index contributed by atoms with van der Waals surface area (Å²) >= 11 is 0. The molecule has 1 aromatic rings. The number of nitrogens with zero attached hydrogens (tertiary/aromatic N) is 1. The molecule has 0 saturated carbocycles. The summed E-state index contributed by atoms with van der Waals surface area (Å²) in [5.74, 6) is 0. The van der Waals surface area contributed by atoms with Crippen LogP contribution in [-0.4, -0.2) is 18.3 Å². The van der Waals surface area contributed by atoms with Crippen molar-refractivity contribution in [3.05, 3.63) is 23.0 Å². The van der Waals surface area contributed by atoms with Gasteiger partial charge in [-0.05, 0) is 51.2 Å². The first-order valence-electron chi connectivity index (χ1n) is 6.60. The Hall–Kier alpha value is -0.800. The molecule has 1 heterocycles. The number of ether oxygens (including phenoxy) is 1. The minimum absolute atomic E-state index is 0.244. The van der Waals surface area contributed by atoms with E-state index >= 15 is 0 Å². The Labute approximate surface area is 104 Å². The van der Waals surface area contributed by atoms with Gasteiger partial charge in [-0.3, -0.25) is 0 Å². The number of hydrogen-bond donors (Lipinski definition) is 1. The fourth-order valence-corrected chi connectivity index (χ4v) is 2.99. The first-order chi connectivity index (χ1) is 8.15. The SMILES string of the molecule is COCCC(C)n1c(C)cc2c1CCCC2N. The van der Waals surface area contributed by atoms with Crippen LogP contribution in [0.1, 0.15) is 55.2 Å². The van der Waals surface area contributed by atoms with Crippen LogP contribution in [0.5, 0.6) is 0 Å². The monoisotopic (exact) mass is 236 g/mol. The summed E-state index contributed by atoms with van der Waals surface area (Å²) in [6, 6.07) is 3.03. The molecule has 0 bridgehead atoms. The second kappa shape index (κ2) is 5.23. The third kappa shape index (κ3) is 2.40. The molecule has 0 saturated heterocycles. The predicted octanol–water partition coefficient (Wildman–Crippen LogP) is 2.73. The lowest BCUT2D eigenvalue weighted by Gasteiger charge is -2.24. The van der Waals surface area contributed by atoms with Crippen molar-refractivity contribution in [1.29, 1.82) is 0 Å². The summed E-state index contributed by atoms with van der Waals surface area (Å²) < 4.78 is 7.64. The van der Waals surface area contributed by atoms with Crippen molar-refractivity contribution < 1.29 is 4.74 Å². The van der Waals surface area contributed by atoms with Gasteiger partial charge in [0.25, 0.3) is 0 Å². The highest BCUT2D eigenvalue weighted by Gasteiger charge is 2.23. The normalized spacial score (nSPS) is 21.3. The Kier molecular flexibility index (Phi) is 3.89. The highest BCUT2D eigenvalue weighted by molar-refractivity contribution is 5.33. The van der Waals surface area contributed by atoms with Gasteiger partial charge in [0.1, 0.15) is 0 Å². The third-order valence-electron chi connectivity index (χ3n) is 3.88. The van der Waals surface area contributed by atoms with Gasteiger partial charge in [-0.15, -0.1) is 0 Å². The van der Waals surface area contributed by atoms with Crippen molar-refractivity contribution in [2.45, 2.75) is 51.6 Å². The average molecular weight is 236 g/mol. The van der Waals surface area contributed by atoms with Crippen molar-refractivity contribution in [1.82, 2.24) is 4.57 Å². The smallest absolute Gasteiger partial charge is 0.0481 e. The van der Waals surface area contributed by atoms with E-state index in [1.54, 1.807) is 7.11 Å². The number of rotatable bonds is 4. The Morgan fingerprint density at radius 2 is 2.35 bits per heavy atom. The molecule has 2 N–H and O–H groups in total. The van der Waals surface area contributed by atoms with E-state index in [1.165, 1.54) is 29.8 Å². The van der Waals surface area contributed by atoms with Crippen molar-refractivity contribution >= 4 is 0 Å². The summed E-state index contributed by atoms with van der Waals surface area (Å²) in [4.78, 5) is 0. The molecule has 2 unspecified atom stereocenters. The summed E-state index contributed by atoms with van der Waals surface area (Å²) in [6.45, 7) is 5.28. The molecule has 0 fully saturated rings. The largest absolute Gasteiger partial charge is 0.385 e. The molecule has 2 rings (SSSR count). The maximum atomic E-state index is 6.19. The molecule has 96 valence electrons. The summed E-state index contributed by atoms with van der Waals surface area (Å²) in [5, 5.41) is 0. The molecule has 0 spiro atoms. The fraction of sp³-hybridized carbons (Fsp3) is 0.714. The topological polar surface area (TPSA) is 40.2 Å². The molecular formula is C14H24N2O. The molecule has 1 aliphatic carbocycles. The van der Waals surface area contributed by atoms with Crippen molar-refractivity contribution in [3.8, 4) is 0 Å². The van der Waals surface area contributed by atoms with Crippen LogP contribution in [0.2, 0.25) is 0 Å². The van der Waals surface area contributed by atoms with Crippen LogP contribution in [0.25, 0.3) is 0 Å². The second-order valence-corrected chi connectivity index (χ2v) is 5.19. The maximum absolute atomic E-state index is 6.19. The number of methoxy groups -OCH3 is 1. The minimum Gasteiger partial charge on any atom is -0.385 e. The zero-order valence-corrected chi connectivity index (χ0v) is 11.2. The molecule has 3 nitrogen and oxygen atoms in total. The van der Waals surface area contributed by atoms with E-state index in [0.717, 1.165) is 19.4 Å². The van der Waals surface area contributed by atoms with E-state index in [1.807, 2.05) is 0 Å². The van der Waals surface area contributed by atoms with Crippen LogP contribution in [0.15, 0.2) is 6.07 Å². The number of fused-ring (bicyclic) bond motifs is 1. The molecule has 0 aliphatic heterocycles. The molecular weight excluding hydrogens is 212 g/mol. The van der Waals surface area contributed by atoms with Crippen molar-refractivity contribution in [2.75, 3.05) is 13.7 Å². The van der Waals surface area contributed by atoms with Gasteiger partial charge in [-0.2, -0.15) is 0 Å². The van der Waals surface area contributed by atoms with Gasteiger partial charge < -0.3 is 15.0 Å². The van der Waals surface area contributed by atoms with Gasteiger partial charge in [0, 0.05) is 37.2 Å². The zero-order valence-electron chi connectivity index (χ0n) is 11.2. The van der Waals surface area contributed by atoms with Gasteiger partial charge in [-0.1, -0.05) is 0 Å². The number of aryl methyl sites for hydroxylation is 1. The van der Waals surface area contributed by atoms with E-state index in [2.05, 4.69) is 24.5 Å². The molecule has 0 amide bonds. The molecule has 17 heavy (non-hydrogen) atoms. The number of nitrogens with two attached hydrogens (primary N) is 1. The van der Waals surface area contributed by atoms with Crippen LogP contribution in [-0.2, 0) is 11.2 Å². The van der Waals surface area contributed by atoms with Crippen molar-refractivity contribution in [3.63, 3.8) is 0 Å². The maximum Gasteiger partial charge on any atom is 0.0481 e. The van der Waals surface area contributed by atoms with Gasteiger partial charge >= 0.3 is 0 Å². The third-order valence-corrected chi connectivity index (χ3v) is 3.88. The molecule has 2 atom stereocenters. The molecule has 0 aromatic carbocycles. The lowest BCUT2D eigenvalue weighted by atomic mass is 9.93. The number of aromatic nitrogens is 1. The van der Waals surface area contributed by atoms with Gasteiger partial charge in [0.15, 0.2) is 0 Å². The average Bonchev–Trinajstić information content (AvgIpc) is 2.64. The standard InChI is InChI=1S/C14H24N2O/c1-10(7-8-17-3)16-11(2)9-12-13(15)5-4-6-14(12)16/h9-10,13H,4-8,15H2,1-3H3. The summed E-state index contributed by atoms with van der Waals surface area (Å²) in [5.41, 5.74) is 10.4. The Balaban J connectivity index is 2.27. The van der Waals surface area contributed by atoms with E-state index in [4.69, 9.17) is 10.5 Å². The molecule has 1 aromatic heterocycles. The Bertz CT molecular complexity index is 384. The van der Waals surface area contributed by atoms with Gasteiger partial charge in [-0.25, -0.2) is 0 Å². The minimum atomic E-state index is 0.244. The highest BCUT2D eigenvalue weighted by atomic mass is 16.5. The van der Waals surface area contributed by atoms with Crippen LogP contribution >= 0.6 is 0 Å². The van der Waals surface area contributed by atoms with Crippen LogP contribution in [0, 0.1) is 6.92 Å². The van der Waals surface area contributed by atoms with E-state index in [-0.39, 0.29) is 6.04 Å². The Morgan fingerprint density at radius 3 is 3.06 bits per heavy atom. The summed E-state index contributed by atoms with van der Waals surface area (Å²) in [7, 11) is 1.76. The summed E-state index contributed by atoms with van der Waals surface area (Å²) in [6.07, 6.45) is 4.58. The lowest BCUT2D eigenvalue weighted by Crippen LogP contribution is -2.20. The lowest BCUT2D eigenvalue weighted by molar-refractivity contribution is 0.180. The van der Waals surface area contributed by atoms with Gasteiger partial charge in [0.05, 0.1) is 0 Å². The van der Waals surface area contributed by atoms with E-state index in [9.17, 15) is 0 Å². The Morgan fingerprint density at radius 1 is 1.59 bits per heavy atom. The fourth-order valence-electron chi connectivity index (χ4n) is 2.99. The first-order valence-corrected chi connectivity index (χ1v) is 6.60. The van der Waals surface area contributed by atoms with Crippen LogP contribution in [0.3, 0.4) is 0 Å². The van der Waals surface area contributed by atoms with Gasteiger partial charge in [0.2, 0.25) is 0 Å². The first kappa shape index (κ1) is 12.7. The van der Waals surface area contributed by atoms with Crippen LogP contribution < -0.4 is 5.73 Å². The van der Waals surface area contributed by atoms with E-state index < -0.39 is 0 Å². The van der Waals surface area contributed by atoms with Crippen LogP contribution in [0.4, 0.5) is 0 Å². The highest BCUT2D eigenvalue weighted by Crippen LogP contribution is 2.33. The zero-order chi connectivity index (χ0) is 12.4. The molecule has 1 aliphatic rings. The molecule has 0 radical (unpaired) electrons. The van der Waals surface area contributed by atoms with E-state index in [0.29, 0.717) is 6.04 Å². The quantitative estimate of drug-likeness (QED) is 0.873. The predicted molar refractivity (Wildman–Crippen MR) is 70.2 cm³/mol. The number of hydrogen-bond acceptors (Lipinski definition) is 2. The van der Waals surface area contributed by atoms with Crippen molar-refractivity contribution in [2.24, 2.45) is 5.73 Å². The second-order valence-electron chi connectivity index (χ2n) is 5.19.